The number of benzene rings is 1. The second-order valence-corrected chi connectivity index (χ2v) is 3.94. The summed E-state index contributed by atoms with van der Waals surface area (Å²) in [7, 11) is 0. The Morgan fingerprint density at radius 1 is 1.21 bits per heavy atom. The fraction of sp³-hybridized carbons (Fsp3) is 0.385. The smallest absolute Gasteiger partial charge is 0.0753 e. The van der Waals surface area contributed by atoms with E-state index in [1.165, 1.54) is 11.1 Å². The first-order valence-electron chi connectivity index (χ1n) is 5.22. The number of aliphatic hydroxyl groups excluding tert-OH is 1. The predicted octanol–water partition coefficient (Wildman–Crippen LogP) is 3.00. The number of allylic oxidation sites excluding steroid dienone is 1. The Morgan fingerprint density at radius 3 is 2.64 bits per heavy atom. The third-order valence-electron chi connectivity index (χ3n) is 3.00. The van der Waals surface area contributed by atoms with Crippen LogP contribution < -0.4 is 0 Å². The molecule has 1 N–H and O–H groups in total. The summed E-state index contributed by atoms with van der Waals surface area (Å²) in [5, 5.41) is 9.75. The topological polar surface area (TPSA) is 20.2 Å². The van der Waals surface area contributed by atoms with Crippen molar-refractivity contribution in [3.63, 3.8) is 0 Å². The van der Waals surface area contributed by atoms with Gasteiger partial charge in [-0.25, -0.2) is 0 Å². The van der Waals surface area contributed by atoms with Crippen LogP contribution in [-0.4, -0.2) is 11.2 Å². The van der Waals surface area contributed by atoms with E-state index in [2.05, 4.69) is 24.3 Å². The third kappa shape index (κ3) is 1.73. The van der Waals surface area contributed by atoms with Crippen LogP contribution in [-0.2, 0) is 0 Å². The average Bonchev–Trinajstić information content (AvgIpc) is 2.23. The zero-order valence-electron chi connectivity index (χ0n) is 8.53. The number of aliphatic hydroxyl groups is 1. The van der Waals surface area contributed by atoms with Gasteiger partial charge in [-0.15, -0.1) is 0 Å². The zero-order chi connectivity index (χ0) is 9.97. The molecule has 0 aliphatic heterocycles. The second-order valence-electron chi connectivity index (χ2n) is 3.94. The Bertz CT molecular complexity index is 338. The lowest BCUT2D eigenvalue weighted by Gasteiger charge is -2.22. The maximum atomic E-state index is 9.75. The lowest BCUT2D eigenvalue weighted by atomic mass is 9.86. The van der Waals surface area contributed by atoms with E-state index in [0.29, 0.717) is 0 Å². The van der Waals surface area contributed by atoms with E-state index in [1.807, 2.05) is 13.0 Å². The standard InChI is InChI=1S/C13H16O/c1-10-12(8-5-9-13(10)14)11-6-3-2-4-7-11/h2-4,6-7,13-14H,5,8-9H2,1H3. The molecule has 0 saturated heterocycles. The van der Waals surface area contributed by atoms with Crippen LogP contribution in [0.3, 0.4) is 0 Å². The Morgan fingerprint density at radius 2 is 1.93 bits per heavy atom. The van der Waals surface area contributed by atoms with Gasteiger partial charge < -0.3 is 5.11 Å². The van der Waals surface area contributed by atoms with Crippen molar-refractivity contribution in [2.24, 2.45) is 0 Å². The Labute approximate surface area is 85.1 Å². The monoisotopic (exact) mass is 188 g/mol. The van der Waals surface area contributed by atoms with Crippen LogP contribution in [0.5, 0.6) is 0 Å². The summed E-state index contributed by atoms with van der Waals surface area (Å²) < 4.78 is 0. The Kier molecular flexibility index (Phi) is 2.69. The quantitative estimate of drug-likeness (QED) is 0.718. The van der Waals surface area contributed by atoms with Crippen LogP contribution >= 0.6 is 0 Å². The average molecular weight is 188 g/mol. The molecule has 2 rings (SSSR count). The number of hydrogen-bond donors (Lipinski definition) is 1. The van der Waals surface area contributed by atoms with Crippen molar-refractivity contribution < 1.29 is 5.11 Å². The van der Waals surface area contributed by atoms with E-state index in [9.17, 15) is 5.11 Å². The zero-order valence-corrected chi connectivity index (χ0v) is 8.53. The molecule has 1 nitrogen and oxygen atoms in total. The summed E-state index contributed by atoms with van der Waals surface area (Å²) in [4.78, 5) is 0. The van der Waals surface area contributed by atoms with Gasteiger partial charge in [-0.3, -0.25) is 0 Å². The van der Waals surface area contributed by atoms with Crippen molar-refractivity contribution in [2.75, 3.05) is 0 Å². The van der Waals surface area contributed by atoms with E-state index >= 15 is 0 Å². The van der Waals surface area contributed by atoms with Gasteiger partial charge in [0.25, 0.3) is 0 Å². The molecule has 1 aliphatic rings. The van der Waals surface area contributed by atoms with Crippen LogP contribution in [0.25, 0.3) is 5.57 Å². The molecule has 0 spiro atoms. The minimum absolute atomic E-state index is 0.223. The normalized spacial score (nSPS) is 22.6. The highest BCUT2D eigenvalue weighted by Gasteiger charge is 2.17. The second kappa shape index (κ2) is 3.97. The molecule has 0 saturated carbocycles. The third-order valence-corrected chi connectivity index (χ3v) is 3.00. The molecular formula is C13H16O. The van der Waals surface area contributed by atoms with E-state index in [4.69, 9.17) is 0 Å². The highest BCUT2D eigenvalue weighted by Crippen LogP contribution is 2.31. The van der Waals surface area contributed by atoms with Crippen molar-refractivity contribution >= 4 is 5.57 Å². The van der Waals surface area contributed by atoms with E-state index in [0.717, 1.165) is 24.8 Å². The van der Waals surface area contributed by atoms with E-state index < -0.39 is 0 Å². The van der Waals surface area contributed by atoms with Crippen molar-refractivity contribution in [3.05, 3.63) is 41.5 Å². The molecule has 0 radical (unpaired) electrons. The van der Waals surface area contributed by atoms with Crippen LogP contribution in [0.1, 0.15) is 31.7 Å². The van der Waals surface area contributed by atoms with Crippen LogP contribution in [0.2, 0.25) is 0 Å². The SMILES string of the molecule is CC1=C(c2ccccc2)CCCC1O. The predicted molar refractivity (Wildman–Crippen MR) is 58.9 cm³/mol. The van der Waals surface area contributed by atoms with Crippen molar-refractivity contribution in [1.82, 2.24) is 0 Å². The molecule has 0 heterocycles. The maximum Gasteiger partial charge on any atom is 0.0753 e. The minimum Gasteiger partial charge on any atom is -0.389 e. The molecule has 1 aliphatic carbocycles. The molecule has 0 bridgehead atoms. The highest BCUT2D eigenvalue weighted by molar-refractivity contribution is 5.69. The molecule has 0 aromatic heterocycles. The van der Waals surface area contributed by atoms with Gasteiger partial charge >= 0.3 is 0 Å². The number of hydrogen-bond acceptors (Lipinski definition) is 1. The summed E-state index contributed by atoms with van der Waals surface area (Å²) >= 11 is 0. The fourth-order valence-electron chi connectivity index (χ4n) is 2.10. The van der Waals surface area contributed by atoms with Gasteiger partial charge in [-0.1, -0.05) is 30.3 Å². The molecule has 0 amide bonds. The molecule has 14 heavy (non-hydrogen) atoms. The van der Waals surface area contributed by atoms with Crippen molar-refractivity contribution in [1.29, 1.82) is 0 Å². The van der Waals surface area contributed by atoms with Gasteiger partial charge in [-0.2, -0.15) is 0 Å². The van der Waals surface area contributed by atoms with Crippen molar-refractivity contribution in [2.45, 2.75) is 32.3 Å². The molecule has 1 heteroatoms. The van der Waals surface area contributed by atoms with Gasteiger partial charge in [0, 0.05) is 0 Å². The molecule has 1 unspecified atom stereocenters. The molecule has 1 aromatic carbocycles. The van der Waals surface area contributed by atoms with Crippen LogP contribution in [0.4, 0.5) is 0 Å². The van der Waals surface area contributed by atoms with Gasteiger partial charge in [-0.05, 0) is 42.9 Å². The summed E-state index contributed by atoms with van der Waals surface area (Å²) in [5.74, 6) is 0. The van der Waals surface area contributed by atoms with Crippen LogP contribution in [0, 0.1) is 0 Å². The Hall–Kier alpha value is -1.08. The molecule has 74 valence electrons. The van der Waals surface area contributed by atoms with Gasteiger partial charge in [0.05, 0.1) is 6.10 Å². The molecule has 1 atom stereocenters. The summed E-state index contributed by atoms with van der Waals surface area (Å²) in [6.07, 6.45) is 2.90. The van der Waals surface area contributed by atoms with Crippen LogP contribution in [0.15, 0.2) is 35.9 Å². The molecular weight excluding hydrogens is 172 g/mol. The van der Waals surface area contributed by atoms with E-state index in [1.54, 1.807) is 0 Å². The van der Waals surface area contributed by atoms with Gasteiger partial charge in [0.2, 0.25) is 0 Å². The lowest BCUT2D eigenvalue weighted by Crippen LogP contribution is -2.14. The highest BCUT2D eigenvalue weighted by atomic mass is 16.3. The summed E-state index contributed by atoms with van der Waals surface area (Å²) in [6, 6.07) is 10.4. The lowest BCUT2D eigenvalue weighted by molar-refractivity contribution is 0.193. The van der Waals surface area contributed by atoms with E-state index in [-0.39, 0.29) is 6.10 Å². The first kappa shape index (κ1) is 9.47. The fourth-order valence-corrected chi connectivity index (χ4v) is 2.10. The Balaban J connectivity index is 2.38. The molecule has 0 fully saturated rings. The largest absolute Gasteiger partial charge is 0.389 e. The number of rotatable bonds is 1. The molecule has 1 aromatic rings. The first-order chi connectivity index (χ1) is 6.79. The van der Waals surface area contributed by atoms with Gasteiger partial charge in [0.1, 0.15) is 0 Å². The minimum atomic E-state index is -0.223. The van der Waals surface area contributed by atoms with Crippen molar-refractivity contribution in [3.8, 4) is 0 Å². The summed E-state index contributed by atoms with van der Waals surface area (Å²) in [6.45, 7) is 2.05. The summed E-state index contributed by atoms with van der Waals surface area (Å²) in [5.41, 5.74) is 3.76. The maximum absolute atomic E-state index is 9.75. The first-order valence-corrected chi connectivity index (χ1v) is 5.22. The van der Waals surface area contributed by atoms with Gasteiger partial charge in [0.15, 0.2) is 0 Å².